The highest BCUT2D eigenvalue weighted by Gasteiger charge is 2.84. The number of hydrogen-bond donors (Lipinski definition) is 1. The molecule has 10 heteroatoms. The molecule has 0 aromatic heterocycles. The number of carbonyl (C=O) groups excluding carboxylic acids is 5. The number of anilines is 1. The normalized spacial score (nSPS) is 26.9. The fourth-order valence-corrected chi connectivity index (χ4v) is 6.19. The SMILES string of the molecule is CC(=O)Oc1cc2c(c3c1C(=O)c1ccccc1C3=O)NC1C#C/C=C\C#CC(OC(C)=O)C23OC13C(C)OC(C)=O. The largest absolute Gasteiger partial charge is 0.460 e. The van der Waals surface area contributed by atoms with Gasteiger partial charge in [-0.3, -0.25) is 24.0 Å². The molecule has 4 aliphatic rings. The number of fused-ring (bicyclic) bond motifs is 4. The number of rotatable bonds is 4. The second kappa shape index (κ2) is 9.44. The van der Waals surface area contributed by atoms with Crippen molar-refractivity contribution in [3.8, 4) is 29.4 Å². The van der Waals surface area contributed by atoms with E-state index in [-0.39, 0.29) is 39.3 Å². The summed E-state index contributed by atoms with van der Waals surface area (Å²) >= 11 is 0. The molecule has 2 aromatic carbocycles. The monoisotopic (exact) mass is 565 g/mol. The van der Waals surface area contributed by atoms with Crippen molar-refractivity contribution in [2.45, 2.75) is 57.1 Å². The van der Waals surface area contributed by atoms with E-state index in [1.807, 2.05) is 0 Å². The Hall–Kier alpha value is -5.19. The van der Waals surface area contributed by atoms with Crippen molar-refractivity contribution in [2.24, 2.45) is 0 Å². The third-order valence-electron chi connectivity index (χ3n) is 7.69. The molecule has 2 bridgehead atoms. The van der Waals surface area contributed by atoms with E-state index in [0.29, 0.717) is 0 Å². The van der Waals surface area contributed by atoms with Gasteiger partial charge in [-0.15, -0.1) is 0 Å². The molecule has 6 rings (SSSR count). The molecule has 2 aromatic rings. The van der Waals surface area contributed by atoms with Gasteiger partial charge in [-0.25, -0.2) is 0 Å². The van der Waals surface area contributed by atoms with Gasteiger partial charge in [-0.1, -0.05) is 47.9 Å². The molecule has 42 heavy (non-hydrogen) atoms. The second-order valence-corrected chi connectivity index (χ2v) is 10.2. The van der Waals surface area contributed by atoms with Crippen molar-refractivity contribution in [1.82, 2.24) is 0 Å². The highest BCUT2D eigenvalue weighted by Crippen LogP contribution is 2.68. The van der Waals surface area contributed by atoms with E-state index in [2.05, 4.69) is 29.0 Å². The summed E-state index contributed by atoms with van der Waals surface area (Å²) in [5.41, 5.74) is -2.56. The van der Waals surface area contributed by atoms with Gasteiger partial charge in [0.05, 0.1) is 16.8 Å². The lowest BCUT2D eigenvalue weighted by molar-refractivity contribution is -0.150. The summed E-state index contributed by atoms with van der Waals surface area (Å²) in [5.74, 6) is 8.48. The Bertz CT molecular complexity index is 1800. The number of ketones is 2. The smallest absolute Gasteiger partial charge is 0.308 e. The van der Waals surface area contributed by atoms with E-state index in [1.165, 1.54) is 51.1 Å². The van der Waals surface area contributed by atoms with Gasteiger partial charge in [0.2, 0.25) is 0 Å². The average Bonchev–Trinajstić information content (AvgIpc) is 3.65. The average molecular weight is 566 g/mol. The van der Waals surface area contributed by atoms with Gasteiger partial charge >= 0.3 is 17.9 Å². The summed E-state index contributed by atoms with van der Waals surface area (Å²) in [5, 5.41) is 3.26. The van der Waals surface area contributed by atoms with E-state index in [9.17, 15) is 24.0 Å². The van der Waals surface area contributed by atoms with Crippen molar-refractivity contribution >= 4 is 35.2 Å². The maximum Gasteiger partial charge on any atom is 0.308 e. The fourth-order valence-electron chi connectivity index (χ4n) is 6.19. The van der Waals surface area contributed by atoms with Gasteiger partial charge in [-0.2, -0.15) is 0 Å². The van der Waals surface area contributed by atoms with E-state index >= 15 is 0 Å². The Morgan fingerprint density at radius 1 is 0.929 bits per heavy atom. The minimum absolute atomic E-state index is 0.0509. The summed E-state index contributed by atoms with van der Waals surface area (Å²) < 4.78 is 23.4. The van der Waals surface area contributed by atoms with Crippen LogP contribution in [0.5, 0.6) is 5.75 Å². The maximum atomic E-state index is 14.1. The number of esters is 3. The molecule has 5 unspecified atom stereocenters. The minimum Gasteiger partial charge on any atom is -0.460 e. The van der Waals surface area contributed by atoms with Gasteiger partial charge in [0.25, 0.3) is 0 Å². The topological polar surface area (TPSA) is 138 Å². The Labute approximate surface area is 240 Å². The Morgan fingerprint density at radius 3 is 2.19 bits per heavy atom. The molecule has 2 aliphatic carbocycles. The zero-order chi connectivity index (χ0) is 30.0. The predicted octanol–water partition coefficient (Wildman–Crippen LogP) is 2.61. The molecule has 210 valence electrons. The maximum absolute atomic E-state index is 14.1. The lowest BCUT2D eigenvalue weighted by Crippen LogP contribution is -2.56. The third kappa shape index (κ3) is 3.69. The molecule has 1 saturated heterocycles. The number of benzene rings is 2. The van der Waals surface area contributed by atoms with Crippen LogP contribution in [-0.4, -0.2) is 53.3 Å². The zero-order valence-corrected chi connectivity index (χ0v) is 22.9. The molecular formula is C32H23NO9. The molecule has 0 radical (unpaired) electrons. The van der Waals surface area contributed by atoms with E-state index < -0.39 is 58.9 Å². The van der Waals surface area contributed by atoms with Crippen LogP contribution < -0.4 is 10.1 Å². The first-order valence-corrected chi connectivity index (χ1v) is 13.1. The zero-order valence-electron chi connectivity index (χ0n) is 22.9. The van der Waals surface area contributed by atoms with Crippen LogP contribution in [0.3, 0.4) is 0 Å². The number of hydrogen-bond acceptors (Lipinski definition) is 10. The van der Waals surface area contributed by atoms with Crippen LogP contribution >= 0.6 is 0 Å². The Kier molecular flexibility index (Phi) is 6.07. The van der Waals surface area contributed by atoms with Crippen molar-refractivity contribution in [3.05, 3.63) is 70.3 Å². The number of ether oxygens (including phenoxy) is 4. The minimum atomic E-state index is -1.66. The van der Waals surface area contributed by atoms with E-state index in [4.69, 9.17) is 18.9 Å². The van der Waals surface area contributed by atoms with Crippen LogP contribution in [0.2, 0.25) is 0 Å². The van der Waals surface area contributed by atoms with Crippen LogP contribution in [-0.2, 0) is 34.2 Å². The van der Waals surface area contributed by atoms with Crippen LogP contribution in [0.1, 0.15) is 65.1 Å². The molecule has 1 fully saturated rings. The molecule has 0 spiro atoms. The van der Waals surface area contributed by atoms with Gasteiger partial charge in [0.1, 0.15) is 17.9 Å². The standard InChI is InChI=1S/C32H23NO9/c1-16(39-17(2)34)31-24-13-7-5-6-8-14-25(41-19(4)36)32(31,42-31)22-15-23(40-18(3)35)26-27(28(22)33-24)30(38)21-12-10-9-11-20(21)29(26)37/h5-6,9-12,15-16,24-25,33H,1-4H3/b6-5-. The molecule has 5 atom stereocenters. The fraction of sp³-hybridized carbons (Fsp3) is 0.281. The summed E-state index contributed by atoms with van der Waals surface area (Å²) in [6.07, 6.45) is 0.728. The van der Waals surface area contributed by atoms with Crippen molar-refractivity contribution in [3.63, 3.8) is 0 Å². The molecule has 10 nitrogen and oxygen atoms in total. The number of nitrogens with one attached hydrogen (secondary N) is 1. The molecular weight excluding hydrogens is 542 g/mol. The number of allylic oxidation sites excluding steroid dienone is 2. The van der Waals surface area contributed by atoms with Crippen molar-refractivity contribution < 1.29 is 42.9 Å². The predicted molar refractivity (Wildman–Crippen MR) is 145 cm³/mol. The third-order valence-corrected chi connectivity index (χ3v) is 7.69. The first-order valence-electron chi connectivity index (χ1n) is 13.1. The van der Waals surface area contributed by atoms with Gasteiger partial charge in [-0.05, 0) is 25.1 Å². The van der Waals surface area contributed by atoms with Gasteiger partial charge in [0.15, 0.2) is 28.9 Å². The van der Waals surface area contributed by atoms with Gasteiger partial charge in [0, 0.05) is 37.5 Å². The summed E-state index contributed by atoms with van der Waals surface area (Å²) in [6.45, 7) is 5.23. The highest BCUT2D eigenvalue weighted by molar-refractivity contribution is 6.31. The first kappa shape index (κ1) is 27.0. The summed E-state index contributed by atoms with van der Waals surface area (Å²) in [6, 6.07) is 6.81. The quantitative estimate of drug-likeness (QED) is 0.217. The summed E-state index contributed by atoms with van der Waals surface area (Å²) in [4.78, 5) is 64.6. The summed E-state index contributed by atoms with van der Waals surface area (Å²) in [7, 11) is 0. The first-order chi connectivity index (χ1) is 20.0. The number of epoxide rings is 1. The Morgan fingerprint density at radius 2 is 1.57 bits per heavy atom. The van der Waals surface area contributed by atoms with Crippen molar-refractivity contribution in [1.29, 1.82) is 0 Å². The van der Waals surface area contributed by atoms with Crippen LogP contribution in [0.15, 0.2) is 42.5 Å². The molecule has 2 aliphatic heterocycles. The van der Waals surface area contributed by atoms with Crippen molar-refractivity contribution in [2.75, 3.05) is 5.32 Å². The highest BCUT2D eigenvalue weighted by atomic mass is 16.7. The second-order valence-electron chi connectivity index (χ2n) is 10.2. The Balaban J connectivity index is 1.71. The molecule has 1 N–H and O–H groups in total. The van der Waals surface area contributed by atoms with Crippen LogP contribution in [0, 0.1) is 23.7 Å². The molecule has 0 amide bonds. The molecule has 2 heterocycles. The van der Waals surface area contributed by atoms with E-state index in [1.54, 1.807) is 19.1 Å². The van der Waals surface area contributed by atoms with E-state index in [0.717, 1.165) is 0 Å². The molecule has 0 saturated carbocycles. The lowest BCUT2D eigenvalue weighted by atomic mass is 9.69. The van der Waals surface area contributed by atoms with Gasteiger partial charge < -0.3 is 24.3 Å². The van der Waals surface area contributed by atoms with Crippen LogP contribution in [0.25, 0.3) is 0 Å². The number of carbonyl (C=O) groups is 5. The lowest BCUT2D eigenvalue weighted by Gasteiger charge is -2.39. The van der Waals surface area contributed by atoms with Crippen LogP contribution in [0.4, 0.5) is 5.69 Å².